The van der Waals surface area contributed by atoms with Crippen LogP contribution in [0.2, 0.25) is 0 Å². The third-order valence-electron chi connectivity index (χ3n) is 2.84. The number of carbonyl (C=O) groups excluding carboxylic acids is 1. The van der Waals surface area contributed by atoms with Crippen LogP contribution in [-0.2, 0) is 9.53 Å². The normalized spacial score (nSPS) is 11.8. The molecule has 19 heavy (non-hydrogen) atoms. The fourth-order valence-electron chi connectivity index (χ4n) is 1.83. The fourth-order valence-corrected chi connectivity index (χ4v) is 1.83. The van der Waals surface area contributed by atoms with Crippen molar-refractivity contribution in [1.29, 1.82) is 0 Å². The van der Waals surface area contributed by atoms with E-state index in [1.807, 2.05) is 39.0 Å². The molecule has 0 heterocycles. The summed E-state index contributed by atoms with van der Waals surface area (Å²) in [6.07, 6.45) is 0.357. The number of esters is 1. The predicted molar refractivity (Wildman–Crippen MR) is 73.8 cm³/mol. The van der Waals surface area contributed by atoms with Crippen molar-refractivity contribution in [3.8, 4) is 11.5 Å². The summed E-state index contributed by atoms with van der Waals surface area (Å²) < 4.78 is 15.8. The monoisotopic (exact) mass is 266 g/mol. The lowest BCUT2D eigenvalue weighted by molar-refractivity contribution is -0.140. The van der Waals surface area contributed by atoms with Gasteiger partial charge in [-0.25, -0.2) is 0 Å². The fraction of sp³-hybridized carbons (Fsp3) is 0.533. The van der Waals surface area contributed by atoms with E-state index in [1.165, 1.54) is 7.11 Å². The Morgan fingerprint density at radius 1 is 1.16 bits per heavy atom. The topological polar surface area (TPSA) is 44.8 Å². The summed E-state index contributed by atoms with van der Waals surface area (Å²) in [6, 6.07) is 5.78. The molecule has 0 aliphatic rings. The molecule has 0 amide bonds. The van der Waals surface area contributed by atoms with Gasteiger partial charge in [0, 0.05) is 0 Å². The third-order valence-corrected chi connectivity index (χ3v) is 2.84. The highest BCUT2D eigenvalue weighted by Gasteiger charge is 2.14. The Labute approximate surface area is 114 Å². The molecule has 1 unspecified atom stereocenters. The summed E-state index contributed by atoms with van der Waals surface area (Å²) in [5, 5.41) is 0. The molecule has 0 spiro atoms. The molecule has 0 aliphatic heterocycles. The van der Waals surface area contributed by atoms with Crippen molar-refractivity contribution in [2.45, 2.75) is 33.1 Å². The number of rotatable bonds is 7. The molecule has 0 radical (unpaired) electrons. The quantitative estimate of drug-likeness (QED) is 0.711. The van der Waals surface area contributed by atoms with Gasteiger partial charge in [0.25, 0.3) is 0 Å². The van der Waals surface area contributed by atoms with E-state index in [9.17, 15) is 4.79 Å². The Morgan fingerprint density at radius 2 is 1.79 bits per heavy atom. The minimum atomic E-state index is -0.209. The van der Waals surface area contributed by atoms with Crippen LogP contribution < -0.4 is 9.47 Å². The summed E-state index contributed by atoms with van der Waals surface area (Å²) in [5.41, 5.74) is 1.04. The molecule has 1 atom stereocenters. The van der Waals surface area contributed by atoms with Gasteiger partial charge in [0.1, 0.15) is 0 Å². The molecule has 0 N–H and O–H groups in total. The summed E-state index contributed by atoms with van der Waals surface area (Å²) in [7, 11) is 1.40. The lowest BCUT2D eigenvalue weighted by atomic mass is 9.97. The highest BCUT2D eigenvalue weighted by Crippen LogP contribution is 2.32. The molecule has 0 saturated heterocycles. The van der Waals surface area contributed by atoms with Crippen LogP contribution in [0.15, 0.2) is 18.2 Å². The summed E-state index contributed by atoms with van der Waals surface area (Å²) >= 11 is 0. The maximum Gasteiger partial charge on any atom is 0.306 e. The first-order chi connectivity index (χ1) is 9.12. The number of ether oxygens (including phenoxy) is 3. The van der Waals surface area contributed by atoms with Crippen molar-refractivity contribution in [3.63, 3.8) is 0 Å². The Bertz CT molecular complexity index is 415. The molecule has 4 heteroatoms. The highest BCUT2D eigenvalue weighted by atomic mass is 16.5. The first-order valence-electron chi connectivity index (χ1n) is 6.58. The van der Waals surface area contributed by atoms with E-state index in [1.54, 1.807) is 0 Å². The number of hydrogen-bond donors (Lipinski definition) is 0. The van der Waals surface area contributed by atoms with Crippen LogP contribution in [0.3, 0.4) is 0 Å². The maximum atomic E-state index is 11.3. The summed E-state index contributed by atoms with van der Waals surface area (Å²) in [4.78, 5) is 11.3. The van der Waals surface area contributed by atoms with E-state index >= 15 is 0 Å². The number of benzene rings is 1. The lowest BCUT2D eigenvalue weighted by Crippen LogP contribution is -2.06. The van der Waals surface area contributed by atoms with E-state index in [-0.39, 0.29) is 11.9 Å². The van der Waals surface area contributed by atoms with E-state index in [0.29, 0.717) is 19.6 Å². The zero-order valence-corrected chi connectivity index (χ0v) is 12.1. The Morgan fingerprint density at radius 3 is 2.37 bits per heavy atom. The molecule has 0 bridgehead atoms. The first kappa shape index (κ1) is 15.3. The van der Waals surface area contributed by atoms with Crippen molar-refractivity contribution < 1.29 is 19.0 Å². The highest BCUT2D eigenvalue weighted by molar-refractivity contribution is 5.70. The van der Waals surface area contributed by atoms with Gasteiger partial charge in [-0.05, 0) is 37.5 Å². The van der Waals surface area contributed by atoms with Crippen LogP contribution in [0.25, 0.3) is 0 Å². The second-order valence-corrected chi connectivity index (χ2v) is 4.25. The Balaban J connectivity index is 2.90. The first-order valence-corrected chi connectivity index (χ1v) is 6.58. The van der Waals surface area contributed by atoms with Gasteiger partial charge in [0.15, 0.2) is 11.5 Å². The van der Waals surface area contributed by atoms with Crippen molar-refractivity contribution in [3.05, 3.63) is 23.8 Å². The second kappa shape index (κ2) is 7.67. The molecule has 0 saturated carbocycles. The Kier molecular flexibility index (Phi) is 6.19. The Hall–Kier alpha value is -1.71. The van der Waals surface area contributed by atoms with Crippen LogP contribution in [0.4, 0.5) is 0 Å². The van der Waals surface area contributed by atoms with Gasteiger partial charge in [-0.1, -0.05) is 13.0 Å². The van der Waals surface area contributed by atoms with Crippen molar-refractivity contribution in [1.82, 2.24) is 0 Å². The maximum absolute atomic E-state index is 11.3. The average Bonchev–Trinajstić information content (AvgIpc) is 2.41. The third kappa shape index (κ3) is 4.47. The average molecular weight is 266 g/mol. The van der Waals surface area contributed by atoms with Gasteiger partial charge in [-0.2, -0.15) is 0 Å². The molecule has 0 fully saturated rings. The number of methoxy groups -OCH3 is 1. The van der Waals surface area contributed by atoms with E-state index < -0.39 is 0 Å². The molecule has 1 aromatic rings. The standard InChI is InChI=1S/C15H22O4/c1-5-18-13-8-7-12(10-14(13)19-6-2)11(3)9-15(16)17-4/h7-8,10-11H,5-6,9H2,1-4H3. The molecule has 4 nitrogen and oxygen atoms in total. The van der Waals surface area contributed by atoms with Crippen LogP contribution in [0, 0.1) is 0 Å². The van der Waals surface area contributed by atoms with Crippen molar-refractivity contribution in [2.75, 3.05) is 20.3 Å². The molecule has 1 rings (SSSR count). The second-order valence-electron chi connectivity index (χ2n) is 4.25. The zero-order chi connectivity index (χ0) is 14.3. The molecule has 0 aliphatic carbocycles. The van der Waals surface area contributed by atoms with Crippen molar-refractivity contribution in [2.24, 2.45) is 0 Å². The molecular formula is C15H22O4. The lowest BCUT2D eigenvalue weighted by Gasteiger charge is -2.15. The van der Waals surface area contributed by atoms with E-state index in [4.69, 9.17) is 9.47 Å². The van der Waals surface area contributed by atoms with Crippen LogP contribution in [0.1, 0.15) is 38.7 Å². The minimum Gasteiger partial charge on any atom is -0.490 e. The summed E-state index contributed by atoms with van der Waals surface area (Å²) in [6.45, 7) is 7.03. The summed E-state index contributed by atoms with van der Waals surface area (Å²) in [5.74, 6) is 1.33. The van der Waals surface area contributed by atoms with Crippen molar-refractivity contribution >= 4 is 5.97 Å². The zero-order valence-electron chi connectivity index (χ0n) is 12.1. The van der Waals surface area contributed by atoms with Gasteiger partial charge in [-0.3, -0.25) is 4.79 Å². The van der Waals surface area contributed by atoms with Gasteiger partial charge in [0.05, 0.1) is 26.7 Å². The molecule has 1 aromatic carbocycles. The molecule has 106 valence electrons. The predicted octanol–water partition coefficient (Wildman–Crippen LogP) is 3.15. The smallest absolute Gasteiger partial charge is 0.306 e. The van der Waals surface area contributed by atoms with Gasteiger partial charge in [0.2, 0.25) is 0 Å². The van der Waals surface area contributed by atoms with E-state index in [2.05, 4.69) is 4.74 Å². The molecule has 0 aromatic heterocycles. The largest absolute Gasteiger partial charge is 0.490 e. The van der Waals surface area contributed by atoms with Gasteiger partial charge in [-0.15, -0.1) is 0 Å². The van der Waals surface area contributed by atoms with Gasteiger partial charge < -0.3 is 14.2 Å². The van der Waals surface area contributed by atoms with Crippen LogP contribution in [0.5, 0.6) is 11.5 Å². The van der Waals surface area contributed by atoms with Crippen LogP contribution in [-0.4, -0.2) is 26.3 Å². The van der Waals surface area contributed by atoms with Gasteiger partial charge >= 0.3 is 5.97 Å². The molecular weight excluding hydrogens is 244 g/mol. The van der Waals surface area contributed by atoms with Crippen LogP contribution >= 0.6 is 0 Å². The SMILES string of the molecule is CCOc1ccc(C(C)CC(=O)OC)cc1OCC. The number of hydrogen-bond acceptors (Lipinski definition) is 4. The number of carbonyl (C=O) groups is 1. The minimum absolute atomic E-state index is 0.0855. The van der Waals surface area contributed by atoms with E-state index in [0.717, 1.165) is 17.1 Å².